The van der Waals surface area contributed by atoms with Crippen molar-refractivity contribution >= 4 is 29.0 Å². The Hall–Kier alpha value is -2.32. The van der Waals surface area contributed by atoms with Gasteiger partial charge in [0, 0.05) is 30.7 Å². The largest absolute Gasteiger partial charge is 0.390 e. The number of aliphatic hydroxyl groups is 1. The van der Waals surface area contributed by atoms with Crippen molar-refractivity contribution in [3.05, 3.63) is 59.1 Å². The van der Waals surface area contributed by atoms with E-state index in [1.165, 1.54) is 5.56 Å². The van der Waals surface area contributed by atoms with E-state index in [-0.39, 0.29) is 6.04 Å². The Bertz CT molecular complexity index is 886. The van der Waals surface area contributed by atoms with E-state index < -0.39 is 12.1 Å². The van der Waals surface area contributed by atoms with Crippen molar-refractivity contribution < 1.29 is 9.90 Å². The van der Waals surface area contributed by atoms with Gasteiger partial charge in [0.15, 0.2) is 0 Å². The number of likely N-dealkylation sites (tertiary alicyclic amines) is 1. The highest BCUT2D eigenvalue weighted by Gasteiger charge is 2.34. The third-order valence-corrected chi connectivity index (χ3v) is 6.40. The van der Waals surface area contributed by atoms with Crippen molar-refractivity contribution in [3.63, 3.8) is 0 Å². The van der Waals surface area contributed by atoms with Gasteiger partial charge in [-0.05, 0) is 55.8 Å². The molecule has 2 saturated heterocycles. The lowest BCUT2D eigenvalue weighted by molar-refractivity contribution is 0.136. The molecule has 7 nitrogen and oxygen atoms in total. The summed E-state index contributed by atoms with van der Waals surface area (Å²) >= 11 is 5.98. The number of carbonyl (C=O) groups excluding carboxylic acids is 1. The molecule has 4 rings (SSSR count). The minimum absolute atomic E-state index is 0.00514. The second-order valence-electron chi connectivity index (χ2n) is 8.43. The molecule has 8 heteroatoms. The number of nitrogens with zero attached hydrogens (tertiary/aromatic N) is 2. The molecule has 2 amide bonds. The van der Waals surface area contributed by atoms with E-state index >= 15 is 0 Å². The molecule has 0 bridgehead atoms. The van der Waals surface area contributed by atoms with Gasteiger partial charge in [0.05, 0.1) is 23.5 Å². The van der Waals surface area contributed by atoms with Gasteiger partial charge in [0.1, 0.15) is 0 Å². The number of hydrogen-bond acceptors (Lipinski definition) is 5. The molecule has 166 valence electrons. The number of para-hydroxylation sites is 2. The number of nitrogens with one attached hydrogen (secondary N) is 2. The van der Waals surface area contributed by atoms with Crippen molar-refractivity contribution in [2.75, 3.05) is 36.4 Å². The maximum Gasteiger partial charge on any atom is 0.316 e. The minimum atomic E-state index is -0.591. The second-order valence-corrected chi connectivity index (χ2v) is 8.87. The Labute approximate surface area is 188 Å². The van der Waals surface area contributed by atoms with Crippen LogP contribution >= 0.6 is 11.6 Å². The summed E-state index contributed by atoms with van der Waals surface area (Å²) in [5, 5.41) is 17.8. The molecular weight excluding hydrogens is 414 g/mol. The molecule has 0 saturated carbocycles. The Kier molecular flexibility index (Phi) is 6.97. The molecule has 2 atom stereocenters. The monoisotopic (exact) mass is 443 g/mol. The topological polar surface area (TPSA) is 93.9 Å². The Morgan fingerprint density at radius 1 is 1.10 bits per heavy atom. The summed E-state index contributed by atoms with van der Waals surface area (Å²) in [5.74, 6) is 0. The first-order valence-electron chi connectivity index (χ1n) is 10.8. The van der Waals surface area contributed by atoms with Crippen LogP contribution in [0.4, 0.5) is 16.2 Å². The predicted molar refractivity (Wildman–Crippen MR) is 125 cm³/mol. The first kappa shape index (κ1) is 21.9. The second kappa shape index (κ2) is 9.87. The number of hydrogen-bond donors (Lipinski definition) is 4. The Balaban J connectivity index is 1.29. The van der Waals surface area contributed by atoms with Crippen molar-refractivity contribution in [3.8, 4) is 0 Å². The number of benzene rings is 2. The lowest BCUT2D eigenvalue weighted by Crippen LogP contribution is -2.49. The van der Waals surface area contributed by atoms with E-state index in [0.29, 0.717) is 24.8 Å². The van der Waals surface area contributed by atoms with E-state index in [2.05, 4.69) is 32.6 Å². The van der Waals surface area contributed by atoms with Crippen LogP contribution in [0.15, 0.2) is 48.5 Å². The van der Waals surface area contributed by atoms with E-state index in [9.17, 15) is 9.90 Å². The summed E-state index contributed by atoms with van der Waals surface area (Å²) < 4.78 is 0. The average Bonchev–Trinajstić information content (AvgIpc) is 3.11. The molecule has 0 spiro atoms. The zero-order chi connectivity index (χ0) is 21.8. The van der Waals surface area contributed by atoms with E-state index in [0.717, 1.165) is 43.2 Å². The van der Waals surface area contributed by atoms with Gasteiger partial charge >= 0.3 is 6.03 Å². The highest BCUT2D eigenvalue weighted by Crippen LogP contribution is 2.29. The molecule has 2 aliphatic heterocycles. The van der Waals surface area contributed by atoms with E-state index in [1.807, 2.05) is 36.4 Å². The van der Waals surface area contributed by atoms with E-state index in [1.54, 1.807) is 0 Å². The summed E-state index contributed by atoms with van der Waals surface area (Å²) in [6.07, 6.45) is 1.64. The molecule has 2 fully saturated rings. The molecule has 2 aliphatic rings. The SMILES string of the molecule is NC(=O)Nc1ccccc1N1CC(NC2CCN(Cc3ccc(Cl)cc3)CC2)[C@H](O)C1. The number of urea groups is 1. The van der Waals surface area contributed by atoms with Gasteiger partial charge in [0.2, 0.25) is 0 Å². The third kappa shape index (κ3) is 5.68. The summed E-state index contributed by atoms with van der Waals surface area (Å²) in [6.45, 7) is 4.19. The minimum Gasteiger partial charge on any atom is -0.390 e. The molecule has 0 aromatic heterocycles. The molecule has 0 aliphatic carbocycles. The fourth-order valence-corrected chi connectivity index (χ4v) is 4.67. The number of anilines is 2. The van der Waals surface area contributed by atoms with Gasteiger partial charge in [-0.3, -0.25) is 4.90 Å². The molecule has 31 heavy (non-hydrogen) atoms. The lowest BCUT2D eigenvalue weighted by atomic mass is 10.0. The van der Waals surface area contributed by atoms with Crippen molar-refractivity contribution in [1.29, 1.82) is 0 Å². The summed E-state index contributed by atoms with van der Waals surface area (Å²) in [5.41, 5.74) is 8.12. The van der Waals surface area contributed by atoms with Crippen LogP contribution in [0.2, 0.25) is 5.02 Å². The average molecular weight is 444 g/mol. The van der Waals surface area contributed by atoms with Crippen LogP contribution in [0.1, 0.15) is 18.4 Å². The van der Waals surface area contributed by atoms with Crippen LogP contribution in [0.25, 0.3) is 0 Å². The first-order chi connectivity index (χ1) is 15.0. The predicted octanol–water partition coefficient (Wildman–Crippen LogP) is 2.63. The molecule has 1 unspecified atom stereocenters. The maximum atomic E-state index is 11.3. The van der Waals surface area contributed by atoms with Crippen LogP contribution in [-0.4, -0.2) is 60.4 Å². The Morgan fingerprint density at radius 2 is 1.81 bits per heavy atom. The van der Waals surface area contributed by atoms with Gasteiger partial charge in [-0.25, -0.2) is 4.79 Å². The standard InChI is InChI=1S/C23H30ClN5O2/c24-17-7-5-16(6-8-17)13-28-11-9-18(10-12-28)26-20-14-29(15-22(20)30)21-4-2-1-3-19(21)27-23(25)31/h1-8,18,20,22,26,30H,9-15H2,(H3,25,27,31)/t20?,22-/m1/s1. The quantitative estimate of drug-likeness (QED) is 0.550. The van der Waals surface area contributed by atoms with Crippen molar-refractivity contribution in [2.24, 2.45) is 5.73 Å². The number of piperidine rings is 1. The molecule has 5 N–H and O–H groups in total. The third-order valence-electron chi connectivity index (χ3n) is 6.15. The van der Waals surface area contributed by atoms with Gasteiger partial charge in [-0.1, -0.05) is 35.9 Å². The molecular formula is C23H30ClN5O2. The van der Waals surface area contributed by atoms with Gasteiger partial charge in [-0.15, -0.1) is 0 Å². The fraction of sp³-hybridized carbons (Fsp3) is 0.435. The number of primary amides is 1. The maximum absolute atomic E-state index is 11.3. The van der Waals surface area contributed by atoms with Gasteiger partial charge < -0.3 is 26.4 Å². The van der Waals surface area contributed by atoms with Crippen LogP contribution in [0.3, 0.4) is 0 Å². The zero-order valence-electron chi connectivity index (χ0n) is 17.5. The number of aliphatic hydroxyl groups excluding tert-OH is 1. The number of halogens is 1. The fourth-order valence-electron chi connectivity index (χ4n) is 4.54. The normalized spacial score (nSPS) is 22.6. The summed E-state index contributed by atoms with van der Waals surface area (Å²) in [4.78, 5) is 15.9. The summed E-state index contributed by atoms with van der Waals surface area (Å²) in [7, 11) is 0. The number of carbonyl (C=O) groups is 1. The summed E-state index contributed by atoms with van der Waals surface area (Å²) in [6, 6.07) is 15.4. The van der Waals surface area contributed by atoms with E-state index in [4.69, 9.17) is 17.3 Å². The van der Waals surface area contributed by atoms with Crippen LogP contribution in [-0.2, 0) is 6.54 Å². The molecule has 2 aromatic carbocycles. The Morgan fingerprint density at radius 3 is 2.52 bits per heavy atom. The van der Waals surface area contributed by atoms with Crippen molar-refractivity contribution in [2.45, 2.75) is 37.6 Å². The van der Waals surface area contributed by atoms with Crippen molar-refractivity contribution in [1.82, 2.24) is 10.2 Å². The number of β-amino-alcohol motifs (C(OH)–C–C–N with tert-alkyl or cyclic N) is 1. The highest BCUT2D eigenvalue weighted by atomic mass is 35.5. The lowest BCUT2D eigenvalue weighted by Gasteiger charge is -2.34. The van der Waals surface area contributed by atoms with Gasteiger partial charge in [-0.2, -0.15) is 0 Å². The number of amides is 2. The highest BCUT2D eigenvalue weighted by molar-refractivity contribution is 6.30. The number of nitrogens with two attached hydrogens (primary N) is 1. The first-order valence-corrected chi connectivity index (χ1v) is 11.2. The molecule has 2 heterocycles. The molecule has 2 aromatic rings. The van der Waals surface area contributed by atoms with Gasteiger partial charge in [0.25, 0.3) is 0 Å². The zero-order valence-corrected chi connectivity index (χ0v) is 18.3. The van der Waals surface area contributed by atoms with Crippen LogP contribution < -0.4 is 21.3 Å². The number of rotatable bonds is 6. The molecule has 0 radical (unpaired) electrons. The smallest absolute Gasteiger partial charge is 0.316 e. The van der Waals surface area contributed by atoms with Crippen LogP contribution in [0, 0.1) is 0 Å². The van der Waals surface area contributed by atoms with Crippen LogP contribution in [0.5, 0.6) is 0 Å².